The summed E-state index contributed by atoms with van der Waals surface area (Å²) in [6.07, 6.45) is 1.52. The molecule has 0 saturated carbocycles. The highest BCUT2D eigenvalue weighted by Crippen LogP contribution is 2.38. The average molecular weight is 424 g/mol. The molecule has 0 radical (unpaired) electrons. The molecule has 146 valence electrons. The lowest BCUT2D eigenvalue weighted by Crippen LogP contribution is -2.39. The molecule has 0 aliphatic carbocycles. The van der Waals surface area contributed by atoms with Crippen molar-refractivity contribution in [2.75, 3.05) is 12.4 Å². The van der Waals surface area contributed by atoms with Crippen molar-refractivity contribution in [1.82, 2.24) is 0 Å². The molecule has 1 aliphatic heterocycles. The van der Waals surface area contributed by atoms with Crippen LogP contribution < -0.4 is 10.1 Å². The summed E-state index contributed by atoms with van der Waals surface area (Å²) in [6, 6.07) is 7.38. The van der Waals surface area contributed by atoms with Crippen molar-refractivity contribution in [3.63, 3.8) is 0 Å². The molecule has 0 bridgehead atoms. The van der Waals surface area contributed by atoms with Crippen molar-refractivity contribution < 1.29 is 23.5 Å². The summed E-state index contributed by atoms with van der Waals surface area (Å²) < 4.78 is 24.5. The van der Waals surface area contributed by atoms with Crippen molar-refractivity contribution in [3.05, 3.63) is 57.3 Å². The van der Waals surface area contributed by atoms with Gasteiger partial charge < -0.3 is 14.8 Å². The molecule has 5 nitrogen and oxygen atoms in total. The minimum absolute atomic E-state index is 0.0417. The number of rotatable bonds is 4. The maximum atomic E-state index is 14.0. The zero-order chi connectivity index (χ0) is 20.6. The summed E-state index contributed by atoms with van der Waals surface area (Å²) in [5.41, 5.74) is 0.472. The van der Waals surface area contributed by atoms with Crippen molar-refractivity contribution >= 4 is 52.4 Å². The number of carbonyl (C=O) groups excluding carboxylic acids is 2. The monoisotopic (exact) mass is 423 g/mol. The van der Waals surface area contributed by atoms with E-state index in [2.05, 4.69) is 5.32 Å². The third-order valence-electron chi connectivity index (χ3n) is 4.16. The van der Waals surface area contributed by atoms with E-state index in [4.69, 9.17) is 32.7 Å². The Morgan fingerprint density at radius 2 is 1.93 bits per heavy atom. The van der Waals surface area contributed by atoms with Gasteiger partial charge in [0, 0.05) is 27.8 Å². The first-order valence-corrected chi connectivity index (χ1v) is 8.97. The summed E-state index contributed by atoms with van der Waals surface area (Å²) in [5, 5.41) is 3.05. The molecular weight excluding hydrogens is 408 g/mol. The average Bonchev–Trinajstić information content (AvgIpc) is 2.92. The molecule has 3 rings (SSSR count). The van der Waals surface area contributed by atoms with Gasteiger partial charge >= 0.3 is 5.97 Å². The van der Waals surface area contributed by atoms with Gasteiger partial charge in [-0.1, -0.05) is 29.3 Å². The van der Waals surface area contributed by atoms with Gasteiger partial charge in [-0.3, -0.25) is 4.79 Å². The van der Waals surface area contributed by atoms with E-state index in [0.29, 0.717) is 27.4 Å². The summed E-state index contributed by atoms with van der Waals surface area (Å²) in [5.74, 6) is -1.67. The quantitative estimate of drug-likeness (QED) is 0.557. The van der Waals surface area contributed by atoms with E-state index in [-0.39, 0.29) is 16.7 Å². The molecule has 2 aromatic rings. The standard InChI is InChI=1S/C20H16Cl2FNO4/c1-20(2,19(26)27-3)28-17-9-15(23)14(22)7-10(17)6-13-12-5-4-11(21)8-16(12)24-18(13)25/h4-9H,1-3H3,(H,24,25)/b13-6+. The minimum Gasteiger partial charge on any atom is -0.475 e. The second kappa shape index (κ2) is 7.45. The number of fused-ring (bicyclic) bond motifs is 1. The zero-order valence-electron chi connectivity index (χ0n) is 15.2. The molecule has 0 aromatic heterocycles. The molecule has 0 atom stereocenters. The highest BCUT2D eigenvalue weighted by atomic mass is 35.5. The van der Waals surface area contributed by atoms with Crippen LogP contribution in [0.25, 0.3) is 11.6 Å². The summed E-state index contributed by atoms with van der Waals surface area (Å²) in [4.78, 5) is 24.3. The van der Waals surface area contributed by atoms with Crippen LogP contribution in [-0.2, 0) is 14.3 Å². The molecule has 28 heavy (non-hydrogen) atoms. The number of ether oxygens (including phenoxy) is 2. The highest BCUT2D eigenvalue weighted by Gasteiger charge is 2.32. The van der Waals surface area contributed by atoms with Crippen LogP contribution in [0.2, 0.25) is 10.0 Å². The van der Waals surface area contributed by atoms with Gasteiger partial charge in [0.1, 0.15) is 11.6 Å². The number of esters is 1. The molecule has 0 fully saturated rings. The van der Waals surface area contributed by atoms with Crippen LogP contribution in [-0.4, -0.2) is 24.6 Å². The van der Waals surface area contributed by atoms with Crippen molar-refractivity contribution in [1.29, 1.82) is 0 Å². The van der Waals surface area contributed by atoms with Crippen LogP contribution in [0.15, 0.2) is 30.3 Å². The van der Waals surface area contributed by atoms with Gasteiger partial charge in [-0.25, -0.2) is 9.18 Å². The fourth-order valence-electron chi connectivity index (χ4n) is 2.77. The third-order valence-corrected chi connectivity index (χ3v) is 4.68. The van der Waals surface area contributed by atoms with Crippen LogP contribution in [0.5, 0.6) is 5.75 Å². The zero-order valence-corrected chi connectivity index (χ0v) is 16.7. The maximum Gasteiger partial charge on any atom is 0.349 e. The van der Waals surface area contributed by atoms with E-state index in [1.807, 2.05) is 0 Å². The van der Waals surface area contributed by atoms with Crippen molar-refractivity contribution in [2.45, 2.75) is 19.4 Å². The Morgan fingerprint density at radius 1 is 1.21 bits per heavy atom. The SMILES string of the molecule is COC(=O)C(C)(C)Oc1cc(F)c(Cl)cc1/C=C1/C(=O)Nc2cc(Cl)ccc21. The number of nitrogens with one attached hydrogen (secondary N) is 1. The summed E-state index contributed by atoms with van der Waals surface area (Å²) in [6.45, 7) is 2.98. The Bertz CT molecular complexity index is 1020. The fraction of sp³-hybridized carbons (Fsp3) is 0.200. The molecular formula is C20H16Cl2FNO4. The van der Waals surface area contributed by atoms with E-state index in [9.17, 15) is 14.0 Å². The lowest BCUT2D eigenvalue weighted by Gasteiger charge is -2.24. The molecule has 1 heterocycles. The Morgan fingerprint density at radius 3 is 2.61 bits per heavy atom. The van der Waals surface area contributed by atoms with Crippen LogP contribution in [0, 0.1) is 5.82 Å². The number of anilines is 1. The van der Waals surface area contributed by atoms with Crippen molar-refractivity contribution in [2.24, 2.45) is 0 Å². The summed E-state index contributed by atoms with van der Waals surface area (Å²) in [7, 11) is 1.23. The number of hydrogen-bond acceptors (Lipinski definition) is 4. The topological polar surface area (TPSA) is 64.6 Å². The second-order valence-electron chi connectivity index (χ2n) is 6.61. The first kappa shape index (κ1) is 20.2. The number of benzene rings is 2. The third kappa shape index (κ3) is 3.84. The van der Waals surface area contributed by atoms with Crippen LogP contribution in [0.4, 0.5) is 10.1 Å². The van der Waals surface area contributed by atoms with E-state index in [1.165, 1.54) is 33.1 Å². The number of methoxy groups -OCH3 is 1. The smallest absolute Gasteiger partial charge is 0.349 e. The number of amides is 1. The molecule has 8 heteroatoms. The Kier molecular flexibility index (Phi) is 5.37. The maximum absolute atomic E-state index is 14.0. The first-order chi connectivity index (χ1) is 13.1. The van der Waals surface area contributed by atoms with Crippen LogP contribution in [0.3, 0.4) is 0 Å². The van der Waals surface area contributed by atoms with Gasteiger partial charge in [-0.05, 0) is 38.1 Å². The molecule has 2 aromatic carbocycles. The Balaban J connectivity index is 2.10. The fourth-order valence-corrected chi connectivity index (χ4v) is 3.12. The largest absolute Gasteiger partial charge is 0.475 e. The van der Waals surface area contributed by atoms with Crippen molar-refractivity contribution in [3.8, 4) is 5.75 Å². The first-order valence-electron chi connectivity index (χ1n) is 8.22. The number of carbonyl (C=O) groups is 2. The van der Waals surface area contributed by atoms with E-state index < -0.39 is 17.4 Å². The lowest BCUT2D eigenvalue weighted by atomic mass is 10.0. The van der Waals surface area contributed by atoms with Gasteiger partial charge in [0.05, 0.1) is 17.8 Å². The van der Waals surface area contributed by atoms with E-state index in [1.54, 1.807) is 18.2 Å². The molecule has 1 aliphatic rings. The Labute approximate surface area is 171 Å². The highest BCUT2D eigenvalue weighted by molar-refractivity contribution is 6.37. The normalized spacial score (nSPS) is 14.6. The Hall–Kier alpha value is -2.57. The minimum atomic E-state index is -1.38. The molecule has 0 saturated heterocycles. The van der Waals surface area contributed by atoms with Crippen LogP contribution >= 0.6 is 23.2 Å². The summed E-state index contributed by atoms with van der Waals surface area (Å²) >= 11 is 11.9. The van der Waals surface area contributed by atoms with Gasteiger partial charge in [0.15, 0.2) is 5.60 Å². The molecule has 0 unspecified atom stereocenters. The second-order valence-corrected chi connectivity index (χ2v) is 7.45. The number of halogens is 3. The predicted molar refractivity (Wildman–Crippen MR) is 106 cm³/mol. The van der Waals surface area contributed by atoms with Crippen LogP contribution in [0.1, 0.15) is 25.0 Å². The predicted octanol–water partition coefficient (Wildman–Crippen LogP) is 4.96. The molecule has 1 N–H and O–H groups in total. The van der Waals surface area contributed by atoms with Gasteiger partial charge in [-0.2, -0.15) is 0 Å². The van der Waals surface area contributed by atoms with Gasteiger partial charge in [0.25, 0.3) is 5.91 Å². The molecule has 0 spiro atoms. The lowest BCUT2D eigenvalue weighted by molar-refractivity contribution is -0.156. The molecule has 1 amide bonds. The van der Waals surface area contributed by atoms with Gasteiger partial charge in [-0.15, -0.1) is 0 Å². The van der Waals surface area contributed by atoms with E-state index in [0.717, 1.165) is 6.07 Å². The van der Waals surface area contributed by atoms with Gasteiger partial charge in [0.2, 0.25) is 0 Å². The number of hydrogen-bond donors (Lipinski definition) is 1. The van der Waals surface area contributed by atoms with E-state index >= 15 is 0 Å².